The molecule has 0 aromatic heterocycles. The van der Waals surface area contributed by atoms with E-state index in [-0.39, 0.29) is 34.1 Å². The molecule has 0 radical (unpaired) electrons. The predicted octanol–water partition coefficient (Wildman–Crippen LogP) is 24.0. The fourth-order valence-corrected chi connectivity index (χ4v) is 28.1. The molecule has 0 heterocycles. The van der Waals surface area contributed by atoms with E-state index < -0.39 is 25.5 Å². The summed E-state index contributed by atoms with van der Waals surface area (Å²) in [6.07, 6.45) is 73.7. The molecule has 9 heteroatoms. The average molecular weight is 1300 g/mol. The van der Waals surface area contributed by atoms with E-state index in [1.165, 1.54) is 111 Å². The summed E-state index contributed by atoms with van der Waals surface area (Å²) in [4.78, 5) is 21.3. The summed E-state index contributed by atoms with van der Waals surface area (Å²) in [6.45, 7) is 12.0. The first-order valence-corrected chi connectivity index (χ1v) is 44.0. The summed E-state index contributed by atoms with van der Waals surface area (Å²) in [5, 5.41) is 17.5. The van der Waals surface area contributed by atoms with Gasteiger partial charge in [0.25, 0.3) is 0 Å². The van der Waals surface area contributed by atoms with Gasteiger partial charge in [-0.3, -0.25) is 9.59 Å². The molecule has 6 fully saturated rings. The minimum atomic E-state index is -1.61. The van der Waals surface area contributed by atoms with Crippen LogP contribution in [0.3, 0.4) is 0 Å². The molecule has 4 nitrogen and oxygen atoms in total. The average Bonchev–Trinajstić information content (AvgIpc) is 3.67. The molecule has 0 bridgehead atoms. The van der Waals surface area contributed by atoms with E-state index in [0.29, 0.717) is 18.3 Å². The van der Waals surface area contributed by atoms with Crippen molar-refractivity contribution in [3.63, 3.8) is 0 Å². The Morgan fingerprint density at radius 1 is 0.488 bits per heavy atom. The zero-order valence-corrected chi connectivity index (χ0v) is 58.1. The SMILES string of the molecule is C1CCC([PH+](C2CCCCC2)C2CCCCC2)CC1.C1CCC([PH+](C2CCCCC2)C2CCCCC2)CC1.C=CC(CCCCCCCC)C(C=C)CC(=O)O.CCCCCCCCC1C=CC1CC(=O)O.[Cl][Ru]([Cl])=[CH]c1ccccc1. The van der Waals surface area contributed by atoms with Crippen molar-refractivity contribution in [3.8, 4) is 0 Å². The second kappa shape index (κ2) is 47.3. The molecule has 472 valence electrons. The fourth-order valence-electron chi connectivity index (χ4n) is 15.8. The van der Waals surface area contributed by atoms with Crippen molar-refractivity contribution >= 4 is 51.8 Å². The number of hydrogen-bond acceptors (Lipinski definition) is 2. The Labute approximate surface area is 521 Å². The second-order valence-corrected chi connectivity index (χ2v) is 39.2. The number of aliphatic carboxylic acids is 2. The molecule has 0 amide bonds. The first kappa shape index (κ1) is 73.8. The molecule has 8 rings (SSSR count). The van der Waals surface area contributed by atoms with Crippen molar-refractivity contribution in [2.24, 2.45) is 23.7 Å². The van der Waals surface area contributed by atoms with Crippen molar-refractivity contribution < 1.29 is 33.3 Å². The molecule has 0 saturated heterocycles. The van der Waals surface area contributed by atoms with Crippen LogP contribution in [0.15, 0.2) is 67.8 Å². The quantitative estimate of drug-likeness (QED) is 0.0379. The van der Waals surface area contributed by atoms with E-state index in [9.17, 15) is 9.59 Å². The van der Waals surface area contributed by atoms with E-state index in [0.717, 1.165) is 18.4 Å². The van der Waals surface area contributed by atoms with Crippen LogP contribution in [0, 0.1) is 23.7 Å². The van der Waals surface area contributed by atoms with Crippen molar-refractivity contribution in [3.05, 3.63) is 73.4 Å². The zero-order valence-electron chi connectivity index (χ0n) is 52.8. The Morgan fingerprint density at radius 3 is 1.13 bits per heavy atom. The standard InChI is InChI=1S/2C18H33P.C16H28O2.C14H24O2.C7H6.2ClH.Ru/c2*1-4-10-16(11-5-1)19(17-12-6-2-7-13-17)18-14-8-3-9-15-18;1-4-7-8-9-10-11-12-14(5-2)15(6-3)13-16(17)18;1-2-3-4-5-6-7-8-12-9-10-13(12)11-14(15)16;1-7-5-3-2-4-6-7;;;/h2*16-18H,1-15H2;5-6,14-15H,2-4,7-13H2,1H3,(H,17,18);9-10,12-13H,2-8,11H2,1H3,(H,15,16);1-6H;2*1H;/q;;;;;;;+2. The molecule has 1 aromatic rings. The van der Waals surface area contributed by atoms with E-state index in [1.54, 1.807) is 199 Å². The maximum absolute atomic E-state index is 10.8. The van der Waals surface area contributed by atoms with Crippen molar-refractivity contribution in [2.45, 2.75) is 343 Å². The van der Waals surface area contributed by atoms with Crippen LogP contribution >= 0.6 is 35.2 Å². The summed E-state index contributed by atoms with van der Waals surface area (Å²) < 4.78 is 1.92. The third-order valence-corrected chi connectivity index (χ3v) is 31.4. The summed E-state index contributed by atoms with van der Waals surface area (Å²) in [5.41, 5.74) is 8.48. The number of unbranched alkanes of at least 4 members (excludes halogenated alkanes) is 10. The first-order valence-electron chi connectivity index (χ1n) is 35.1. The molecular weight excluding hydrogens is 1170 g/mol. The number of rotatable bonds is 28. The third-order valence-electron chi connectivity index (χ3n) is 20.4. The Morgan fingerprint density at radius 2 is 0.829 bits per heavy atom. The van der Waals surface area contributed by atoms with Crippen LogP contribution in [0.2, 0.25) is 0 Å². The van der Waals surface area contributed by atoms with Crippen LogP contribution in [-0.2, 0) is 23.1 Å². The third kappa shape index (κ3) is 31.5. The Bertz CT molecular complexity index is 1680. The number of benzene rings is 1. The molecule has 0 aliphatic heterocycles. The molecule has 6 saturated carbocycles. The van der Waals surface area contributed by atoms with Gasteiger partial charge in [-0.1, -0.05) is 154 Å². The Balaban J connectivity index is 0.000000223. The van der Waals surface area contributed by atoms with Gasteiger partial charge in [0.1, 0.15) is 0 Å². The number of carboxylic acid groups (broad SMARTS) is 2. The Kier molecular flexibility index (Phi) is 42.6. The van der Waals surface area contributed by atoms with Gasteiger partial charge in [0.2, 0.25) is 0 Å². The van der Waals surface area contributed by atoms with E-state index >= 15 is 0 Å². The molecule has 0 spiro atoms. The summed E-state index contributed by atoms with van der Waals surface area (Å²) in [6, 6.07) is 9.89. The van der Waals surface area contributed by atoms with Crippen LogP contribution in [0.25, 0.3) is 0 Å². The van der Waals surface area contributed by atoms with Gasteiger partial charge >= 0.3 is 85.3 Å². The molecule has 7 aliphatic carbocycles. The van der Waals surface area contributed by atoms with Gasteiger partial charge in [0.05, 0.1) is 46.8 Å². The van der Waals surface area contributed by atoms with Crippen LogP contribution in [0.1, 0.15) is 315 Å². The monoisotopic (exact) mass is 1300 g/mol. The zero-order chi connectivity index (χ0) is 58.8. The van der Waals surface area contributed by atoms with Crippen LogP contribution in [0.4, 0.5) is 0 Å². The van der Waals surface area contributed by atoms with Crippen LogP contribution < -0.4 is 0 Å². The molecular formula is C73H126Cl2O4P2Ru+2. The van der Waals surface area contributed by atoms with Crippen LogP contribution in [0.5, 0.6) is 0 Å². The van der Waals surface area contributed by atoms with Crippen molar-refractivity contribution in [1.82, 2.24) is 0 Å². The van der Waals surface area contributed by atoms with Crippen LogP contribution in [-0.4, -0.2) is 60.7 Å². The topological polar surface area (TPSA) is 74.6 Å². The normalized spacial score (nSPS) is 22.2. The number of carboxylic acids is 2. The second-order valence-electron chi connectivity index (χ2n) is 26.5. The molecule has 82 heavy (non-hydrogen) atoms. The predicted molar refractivity (Wildman–Crippen MR) is 365 cm³/mol. The van der Waals surface area contributed by atoms with Gasteiger partial charge in [-0.2, -0.15) is 0 Å². The maximum atomic E-state index is 10.8. The Hall–Kier alpha value is -0.687. The molecule has 2 N–H and O–H groups in total. The van der Waals surface area contributed by atoms with Gasteiger partial charge in [0.15, 0.2) is 0 Å². The number of carbonyl (C=O) groups is 2. The molecule has 1 aromatic carbocycles. The van der Waals surface area contributed by atoms with Gasteiger partial charge < -0.3 is 10.2 Å². The molecule has 4 unspecified atom stereocenters. The molecule has 4 atom stereocenters. The van der Waals surface area contributed by atoms with Gasteiger partial charge in [-0.15, -0.1) is 13.2 Å². The van der Waals surface area contributed by atoms with E-state index in [4.69, 9.17) is 29.6 Å². The van der Waals surface area contributed by atoms with E-state index in [1.807, 2.05) is 41.0 Å². The fraction of sp³-hybridized carbons (Fsp3) is 0.795. The summed E-state index contributed by atoms with van der Waals surface area (Å²) >= 11 is -1.61. The minimum absolute atomic E-state index is 0.0237. The van der Waals surface area contributed by atoms with Crippen molar-refractivity contribution in [1.29, 1.82) is 0 Å². The first-order chi connectivity index (χ1) is 40.1. The van der Waals surface area contributed by atoms with Gasteiger partial charge in [-0.05, 0) is 191 Å². The number of hydrogen-bond donors (Lipinski definition) is 2. The summed E-state index contributed by atoms with van der Waals surface area (Å²) in [5.74, 6) is -0.284. The number of allylic oxidation sites excluding steroid dienone is 4. The summed E-state index contributed by atoms with van der Waals surface area (Å²) in [7, 11) is 11.2. The van der Waals surface area contributed by atoms with Gasteiger partial charge in [0, 0.05) is 15.8 Å². The van der Waals surface area contributed by atoms with Gasteiger partial charge in [-0.25, -0.2) is 0 Å². The van der Waals surface area contributed by atoms with Crippen molar-refractivity contribution in [2.75, 3.05) is 0 Å². The molecule has 7 aliphatic rings. The number of halogens is 2. The van der Waals surface area contributed by atoms with E-state index in [2.05, 4.69) is 39.2 Å².